The molecule has 0 N–H and O–H groups in total. The lowest BCUT2D eigenvalue weighted by atomic mass is 9.94. The van der Waals surface area contributed by atoms with Crippen LogP contribution in [0.25, 0.3) is 0 Å². The van der Waals surface area contributed by atoms with Gasteiger partial charge in [0.05, 0.1) is 6.61 Å². The number of rotatable bonds is 6. The molecule has 0 aromatic carbocycles. The summed E-state index contributed by atoms with van der Waals surface area (Å²) in [6, 6.07) is 3.30. The van der Waals surface area contributed by atoms with Crippen molar-refractivity contribution in [1.82, 2.24) is 9.88 Å². The zero-order valence-corrected chi connectivity index (χ0v) is 11.8. The Morgan fingerprint density at radius 3 is 2.95 bits per heavy atom. The summed E-state index contributed by atoms with van der Waals surface area (Å²) >= 11 is 0. The first-order chi connectivity index (χ1) is 9.63. The molecule has 0 spiro atoms. The van der Waals surface area contributed by atoms with Crippen LogP contribution in [-0.4, -0.2) is 41.6 Å². The summed E-state index contributed by atoms with van der Waals surface area (Å²) < 4.78 is 5.61. The molecule has 6 nitrogen and oxygen atoms in total. The molecule has 0 saturated carbocycles. The van der Waals surface area contributed by atoms with E-state index in [0.29, 0.717) is 24.0 Å². The van der Waals surface area contributed by atoms with Crippen molar-refractivity contribution < 1.29 is 9.66 Å². The van der Waals surface area contributed by atoms with E-state index in [2.05, 4.69) is 16.9 Å². The molecule has 0 bridgehead atoms. The average Bonchev–Trinajstić information content (AvgIpc) is 2.41. The van der Waals surface area contributed by atoms with Gasteiger partial charge in [0.25, 0.3) is 0 Å². The van der Waals surface area contributed by atoms with Crippen molar-refractivity contribution in [2.45, 2.75) is 25.8 Å². The van der Waals surface area contributed by atoms with Crippen LogP contribution < -0.4 is 4.74 Å². The zero-order valence-electron chi connectivity index (χ0n) is 11.8. The molecule has 6 heteroatoms. The van der Waals surface area contributed by atoms with Gasteiger partial charge in [0.2, 0.25) is 12.4 Å². The number of hydrogen-bond acceptors (Lipinski definition) is 5. The molecule has 0 amide bonds. The van der Waals surface area contributed by atoms with Crippen molar-refractivity contribution >= 4 is 0 Å². The molecule has 1 saturated heterocycles. The normalized spacial score (nSPS) is 17.1. The SMILES string of the molecule is CN1CCC(CCOc2cc(C[N+](=O)[O-])ccn2)CC1. The van der Waals surface area contributed by atoms with Gasteiger partial charge < -0.3 is 9.64 Å². The van der Waals surface area contributed by atoms with Crippen LogP contribution in [0.3, 0.4) is 0 Å². The van der Waals surface area contributed by atoms with Crippen LogP contribution >= 0.6 is 0 Å². The van der Waals surface area contributed by atoms with E-state index in [-0.39, 0.29) is 11.5 Å². The number of likely N-dealkylation sites (tertiary alicyclic amines) is 1. The third kappa shape index (κ3) is 4.77. The molecule has 0 unspecified atom stereocenters. The Bertz CT molecular complexity index is 445. The van der Waals surface area contributed by atoms with E-state index >= 15 is 0 Å². The summed E-state index contributed by atoms with van der Waals surface area (Å²) in [6.45, 7) is 2.75. The van der Waals surface area contributed by atoms with Crippen molar-refractivity contribution in [3.8, 4) is 5.88 Å². The largest absolute Gasteiger partial charge is 0.478 e. The van der Waals surface area contributed by atoms with E-state index in [9.17, 15) is 10.1 Å². The van der Waals surface area contributed by atoms with Crippen molar-refractivity contribution in [3.05, 3.63) is 34.0 Å². The standard InChI is InChI=1S/C14H21N3O3/c1-16-7-3-12(4-8-16)5-9-20-14-10-13(2-6-15-14)11-17(18)19/h2,6,10,12H,3-5,7-9,11H2,1H3. The van der Waals surface area contributed by atoms with Gasteiger partial charge in [-0.25, -0.2) is 4.98 Å². The molecule has 1 aliphatic heterocycles. The van der Waals surface area contributed by atoms with Gasteiger partial charge in [-0.15, -0.1) is 0 Å². The maximum Gasteiger partial charge on any atom is 0.229 e. The van der Waals surface area contributed by atoms with Gasteiger partial charge in [-0.05, 0) is 51.4 Å². The Balaban J connectivity index is 1.75. The van der Waals surface area contributed by atoms with Crippen LogP contribution in [0.2, 0.25) is 0 Å². The van der Waals surface area contributed by atoms with Crippen molar-refractivity contribution in [1.29, 1.82) is 0 Å². The Kier molecular flexibility index (Phi) is 5.29. The lowest BCUT2D eigenvalue weighted by molar-refractivity contribution is -0.496. The molecule has 2 rings (SSSR count). The number of nitro groups is 1. The molecule has 1 aliphatic rings. The maximum absolute atomic E-state index is 10.5. The maximum atomic E-state index is 10.5. The first kappa shape index (κ1) is 14.7. The quantitative estimate of drug-likeness (QED) is 0.588. The van der Waals surface area contributed by atoms with Gasteiger partial charge in [-0.3, -0.25) is 10.1 Å². The minimum atomic E-state index is -0.350. The van der Waals surface area contributed by atoms with E-state index in [4.69, 9.17) is 4.74 Å². The second-order valence-corrected chi connectivity index (χ2v) is 5.38. The highest BCUT2D eigenvalue weighted by atomic mass is 16.6. The third-order valence-corrected chi connectivity index (χ3v) is 3.73. The smallest absolute Gasteiger partial charge is 0.229 e. The monoisotopic (exact) mass is 279 g/mol. The molecule has 1 fully saturated rings. The first-order valence-corrected chi connectivity index (χ1v) is 7.01. The summed E-state index contributed by atoms with van der Waals surface area (Å²) in [7, 11) is 2.15. The molecule has 1 aromatic rings. The Hall–Kier alpha value is -1.69. The van der Waals surface area contributed by atoms with Crippen LogP contribution in [-0.2, 0) is 6.54 Å². The summed E-state index contributed by atoms with van der Waals surface area (Å²) in [4.78, 5) is 16.6. The Labute approximate surface area is 118 Å². The predicted octanol–water partition coefficient (Wildman–Crippen LogP) is 1.97. The highest BCUT2D eigenvalue weighted by molar-refractivity contribution is 5.19. The molecule has 110 valence electrons. The summed E-state index contributed by atoms with van der Waals surface area (Å²) in [5.74, 6) is 1.20. The van der Waals surface area contributed by atoms with Gasteiger partial charge in [-0.2, -0.15) is 0 Å². The molecule has 0 aliphatic carbocycles. The Morgan fingerprint density at radius 2 is 2.25 bits per heavy atom. The first-order valence-electron chi connectivity index (χ1n) is 7.01. The van der Waals surface area contributed by atoms with Crippen LogP contribution in [0.1, 0.15) is 24.8 Å². The highest BCUT2D eigenvalue weighted by Crippen LogP contribution is 2.20. The lowest BCUT2D eigenvalue weighted by Crippen LogP contribution is -2.30. The molecule has 20 heavy (non-hydrogen) atoms. The topological polar surface area (TPSA) is 68.5 Å². The summed E-state index contributed by atoms with van der Waals surface area (Å²) in [5.41, 5.74) is 0.624. The van der Waals surface area contributed by atoms with E-state index in [1.165, 1.54) is 12.8 Å². The zero-order chi connectivity index (χ0) is 14.4. The molecule has 1 aromatic heterocycles. The van der Waals surface area contributed by atoms with E-state index in [0.717, 1.165) is 19.5 Å². The number of nitrogens with zero attached hydrogens (tertiary/aromatic N) is 3. The number of ether oxygens (including phenoxy) is 1. The minimum absolute atomic E-state index is 0.187. The molecular formula is C14H21N3O3. The molecule has 2 heterocycles. The number of hydrogen-bond donors (Lipinski definition) is 0. The predicted molar refractivity (Wildman–Crippen MR) is 75.3 cm³/mol. The molecular weight excluding hydrogens is 258 g/mol. The van der Waals surface area contributed by atoms with Crippen LogP contribution in [0, 0.1) is 16.0 Å². The van der Waals surface area contributed by atoms with E-state index in [1.807, 2.05) is 0 Å². The summed E-state index contributed by atoms with van der Waals surface area (Å²) in [5, 5.41) is 10.5. The van der Waals surface area contributed by atoms with Gasteiger partial charge in [0.15, 0.2) is 0 Å². The fourth-order valence-electron chi connectivity index (χ4n) is 2.46. The van der Waals surface area contributed by atoms with Gasteiger partial charge in [0, 0.05) is 22.7 Å². The Morgan fingerprint density at radius 1 is 1.50 bits per heavy atom. The number of piperidine rings is 1. The van der Waals surface area contributed by atoms with E-state index < -0.39 is 0 Å². The van der Waals surface area contributed by atoms with Crippen molar-refractivity contribution in [2.24, 2.45) is 5.92 Å². The summed E-state index contributed by atoms with van der Waals surface area (Å²) in [6.07, 6.45) is 5.02. The van der Waals surface area contributed by atoms with Crippen molar-refractivity contribution in [2.75, 3.05) is 26.7 Å². The highest BCUT2D eigenvalue weighted by Gasteiger charge is 2.16. The van der Waals surface area contributed by atoms with Crippen LogP contribution in [0.15, 0.2) is 18.3 Å². The minimum Gasteiger partial charge on any atom is -0.478 e. The van der Waals surface area contributed by atoms with Gasteiger partial charge >= 0.3 is 0 Å². The second kappa shape index (κ2) is 7.19. The average molecular weight is 279 g/mol. The van der Waals surface area contributed by atoms with Gasteiger partial charge in [-0.1, -0.05) is 0 Å². The molecule has 0 radical (unpaired) electrons. The van der Waals surface area contributed by atoms with Crippen LogP contribution in [0.4, 0.5) is 0 Å². The second-order valence-electron chi connectivity index (χ2n) is 5.38. The van der Waals surface area contributed by atoms with Crippen molar-refractivity contribution in [3.63, 3.8) is 0 Å². The number of pyridine rings is 1. The lowest BCUT2D eigenvalue weighted by Gasteiger charge is -2.28. The fraction of sp³-hybridized carbons (Fsp3) is 0.643. The van der Waals surface area contributed by atoms with Gasteiger partial charge in [0.1, 0.15) is 0 Å². The fourth-order valence-corrected chi connectivity index (χ4v) is 2.46. The van der Waals surface area contributed by atoms with E-state index in [1.54, 1.807) is 18.3 Å². The van der Waals surface area contributed by atoms with Crippen LogP contribution in [0.5, 0.6) is 5.88 Å². The third-order valence-electron chi connectivity index (χ3n) is 3.73. The molecule has 0 atom stereocenters. The number of aromatic nitrogens is 1.